The molecule has 3 fully saturated rings. The summed E-state index contributed by atoms with van der Waals surface area (Å²) in [6.45, 7) is 7.28. The molecule has 1 aromatic heterocycles. The summed E-state index contributed by atoms with van der Waals surface area (Å²) in [5.74, 6) is 0.554. The monoisotopic (exact) mass is 364 g/mol. The van der Waals surface area contributed by atoms with Crippen LogP contribution in [0.1, 0.15) is 25.7 Å². The van der Waals surface area contributed by atoms with Gasteiger partial charge in [0.2, 0.25) is 5.91 Å². The highest BCUT2D eigenvalue weighted by molar-refractivity contribution is 7.13. The molecule has 7 heteroatoms. The predicted octanol–water partition coefficient (Wildman–Crippen LogP) is 1.68. The normalized spacial score (nSPS) is 26.8. The molecule has 25 heavy (non-hydrogen) atoms. The Morgan fingerprint density at radius 1 is 1.12 bits per heavy atom. The molecule has 3 saturated heterocycles. The molecular weight excluding hydrogens is 336 g/mol. The molecule has 1 atom stereocenters. The van der Waals surface area contributed by atoms with Crippen molar-refractivity contribution in [1.82, 2.24) is 14.8 Å². The van der Waals surface area contributed by atoms with E-state index < -0.39 is 0 Å². The average molecular weight is 365 g/mol. The summed E-state index contributed by atoms with van der Waals surface area (Å²) < 4.78 is 5.49. The first-order valence-electron chi connectivity index (χ1n) is 9.56. The van der Waals surface area contributed by atoms with Crippen molar-refractivity contribution in [1.29, 1.82) is 0 Å². The summed E-state index contributed by atoms with van der Waals surface area (Å²) in [7, 11) is 0. The first-order chi connectivity index (χ1) is 12.3. The third-order valence-electron chi connectivity index (χ3n) is 5.79. The fourth-order valence-electron chi connectivity index (χ4n) is 4.34. The lowest BCUT2D eigenvalue weighted by Crippen LogP contribution is -2.54. The van der Waals surface area contributed by atoms with Gasteiger partial charge in [-0.05, 0) is 32.2 Å². The van der Waals surface area contributed by atoms with E-state index in [-0.39, 0.29) is 5.92 Å². The molecule has 4 heterocycles. The lowest BCUT2D eigenvalue weighted by Gasteiger charge is -2.42. The number of carbonyl (C=O) groups excluding carboxylic acids is 1. The molecule has 0 aliphatic carbocycles. The maximum Gasteiger partial charge on any atom is 0.227 e. The topological polar surface area (TPSA) is 48.9 Å². The number of piperazine rings is 1. The zero-order valence-corrected chi connectivity index (χ0v) is 15.6. The summed E-state index contributed by atoms with van der Waals surface area (Å²) in [5, 5.41) is 3.09. The van der Waals surface area contributed by atoms with E-state index in [1.165, 1.54) is 0 Å². The molecular formula is C18H28N4O2S. The Labute approximate surface area is 153 Å². The highest BCUT2D eigenvalue weighted by Gasteiger charge is 2.33. The van der Waals surface area contributed by atoms with E-state index in [0.29, 0.717) is 11.9 Å². The standard InChI is InChI=1S/C18H28N4O2S/c23-17(20-7-9-21(10-8-20)18-19-5-13-25-18)15-2-1-6-22(14-15)16-3-11-24-12-4-16/h5,13,15-16H,1-4,6-12,14H2. The summed E-state index contributed by atoms with van der Waals surface area (Å²) in [4.78, 5) is 24.3. The van der Waals surface area contributed by atoms with E-state index in [0.717, 1.165) is 83.3 Å². The molecule has 0 aromatic carbocycles. The molecule has 0 radical (unpaired) electrons. The minimum Gasteiger partial charge on any atom is -0.381 e. The van der Waals surface area contributed by atoms with Gasteiger partial charge in [-0.25, -0.2) is 4.98 Å². The molecule has 0 spiro atoms. The van der Waals surface area contributed by atoms with E-state index in [2.05, 4.69) is 19.7 Å². The number of ether oxygens (including phenoxy) is 1. The van der Waals surface area contributed by atoms with Gasteiger partial charge in [0.1, 0.15) is 0 Å². The smallest absolute Gasteiger partial charge is 0.227 e. The third-order valence-corrected chi connectivity index (χ3v) is 6.62. The zero-order chi connectivity index (χ0) is 17.1. The van der Waals surface area contributed by atoms with Gasteiger partial charge >= 0.3 is 0 Å². The van der Waals surface area contributed by atoms with Gasteiger partial charge in [-0.3, -0.25) is 9.69 Å². The number of thiazole rings is 1. The Balaban J connectivity index is 1.30. The van der Waals surface area contributed by atoms with Crippen molar-refractivity contribution in [3.8, 4) is 0 Å². The van der Waals surface area contributed by atoms with Gasteiger partial charge in [0.05, 0.1) is 5.92 Å². The van der Waals surface area contributed by atoms with Gasteiger partial charge in [0.25, 0.3) is 0 Å². The lowest BCUT2D eigenvalue weighted by molar-refractivity contribution is -0.138. The highest BCUT2D eigenvalue weighted by atomic mass is 32.1. The summed E-state index contributed by atoms with van der Waals surface area (Å²) in [6.07, 6.45) is 6.28. The molecule has 4 rings (SSSR count). The number of likely N-dealkylation sites (tertiary alicyclic amines) is 1. The third kappa shape index (κ3) is 3.99. The van der Waals surface area contributed by atoms with Gasteiger partial charge in [-0.15, -0.1) is 11.3 Å². The van der Waals surface area contributed by atoms with Crippen molar-refractivity contribution in [3.63, 3.8) is 0 Å². The van der Waals surface area contributed by atoms with Crippen molar-refractivity contribution in [2.75, 3.05) is 57.4 Å². The van der Waals surface area contributed by atoms with Crippen molar-refractivity contribution >= 4 is 22.4 Å². The molecule has 1 unspecified atom stereocenters. The maximum absolute atomic E-state index is 13.0. The zero-order valence-electron chi connectivity index (χ0n) is 14.8. The van der Waals surface area contributed by atoms with Crippen LogP contribution in [0.3, 0.4) is 0 Å². The number of anilines is 1. The number of rotatable bonds is 3. The maximum atomic E-state index is 13.0. The molecule has 1 aromatic rings. The second kappa shape index (κ2) is 8.01. The molecule has 1 amide bonds. The summed E-state index contributed by atoms with van der Waals surface area (Å²) in [6, 6.07) is 0.617. The Hall–Kier alpha value is -1.18. The number of piperidine rings is 1. The fourth-order valence-corrected chi connectivity index (χ4v) is 5.04. The first-order valence-corrected chi connectivity index (χ1v) is 10.4. The van der Waals surface area contributed by atoms with Crippen LogP contribution < -0.4 is 4.90 Å². The summed E-state index contributed by atoms with van der Waals surface area (Å²) >= 11 is 1.68. The second-order valence-electron chi connectivity index (χ2n) is 7.30. The molecule has 138 valence electrons. The number of hydrogen-bond acceptors (Lipinski definition) is 6. The quantitative estimate of drug-likeness (QED) is 0.817. The van der Waals surface area contributed by atoms with E-state index in [9.17, 15) is 4.79 Å². The van der Waals surface area contributed by atoms with Crippen molar-refractivity contribution in [2.24, 2.45) is 5.92 Å². The van der Waals surface area contributed by atoms with Crippen molar-refractivity contribution in [2.45, 2.75) is 31.7 Å². The highest BCUT2D eigenvalue weighted by Crippen LogP contribution is 2.25. The molecule has 3 aliphatic rings. The second-order valence-corrected chi connectivity index (χ2v) is 8.18. The Kier molecular flexibility index (Phi) is 5.53. The van der Waals surface area contributed by atoms with Crippen LogP contribution >= 0.6 is 11.3 Å². The van der Waals surface area contributed by atoms with Crippen LogP contribution in [0, 0.1) is 5.92 Å². The van der Waals surface area contributed by atoms with Gasteiger partial charge in [0.15, 0.2) is 5.13 Å². The lowest BCUT2D eigenvalue weighted by atomic mass is 9.93. The molecule has 3 aliphatic heterocycles. The van der Waals surface area contributed by atoms with Crippen LogP contribution in [-0.2, 0) is 9.53 Å². The van der Waals surface area contributed by atoms with Crippen molar-refractivity contribution in [3.05, 3.63) is 11.6 Å². The minimum atomic E-state index is 0.183. The number of aromatic nitrogens is 1. The minimum absolute atomic E-state index is 0.183. The average Bonchev–Trinajstić information content (AvgIpc) is 3.23. The summed E-state index contributed by atoms with van der Waals surface area (Å²) in [5.41, 5.74) is 0. The fraction of sp³-hybridized carbons (Fsp3) is 0.778. The van der Waals surface area contributed by atoms with Crippen LogP contribution in [0.2, 0.25) is 0 Å². The van der Waals surface area contributed by atoms with Gasteiger partial charge < -0.3 is 14.5 Å². The van der Waals surface area contributed by atoms with E-state index in [1.54, 1.807) is 11.3 Å². The largest absolute Gasteiger partial charge is 0.381 e. The van der Waals surface area contributed by atoms with Gasteiger partial charge in [-0.1, -0.05) is 0 Å². The number of nitrogens with zero attached hydrogens (tertiary/aromatic N) is 4. The van der Waals surface area contributed by atoms with E-state index >= 15 is 0 Å². The van der Waals surface area contributed by atoms with Crippen LogP contribution in [0.5, 0.6) is 0 Å². The van der Waals surface area contributed by atoms with Crippen LogP contribution in [0.4, 0.5) is 5.13 Å². The molecule has 0 bridgehead atoms. The number of carbonyl (C=O) groups is 1. The Morgan fingerprint density at radius 2 is 1.92 bits per heavy atom. The number of amides is 1. The van der Waals surface area contributed by atoms with Crippen LogP contribution in [0.15, 0.2) is 11.6 Å². The van der Waals surface area contributed by atoms with E-state index in [4.69, 9.17) is 4.74 Å². The molecule has 0 saturated carbocycles. The molecule has 0 N–H and O–H groups in total. The van der Waals surface area contributed by atoms with Crippen LogP contribution in [-0.4, -0.2) is 79.2 Å². The van der Waals surface area contributed by atoms with Crippen molar-refractivity contribution < 1.29 is 9.53 Å². The molecule has 6 nitrogen and oxygen atoms in total. The SMILES string of the molecule is O=C(C1CCCN(C2CCOCC2)C1)N1CCN(c2nccs2)CC1. The Bertz CT molecular complexity index is 553. The van der Waals surface area contributed by atoms with Crippen LogP contribution in [0.25, 0.3) is 0 Å². The first kappa shape index (κ1) is 17.2. The van der Waals surface area contributed by atoms with Gasteiger partial charge in [-0.2, -0.15) is 0 Å². The van der Waals surface area contributed by atoms with E-state index in [1.807, 2.05) is 11.6 Å². The number of hydrogen-bond donors (Lipinski definition) is 0. The Morgan fingerprint density at radius 3 is 2.64 bits per heavy atom. The van der Waals surface area contributed by atoms with Gasteiger partial charge in [0, 0.05) is 63.6 Å². The predicted molar refractivity (Wildman–Crippen MR) is 99.0 cm³/mol.